The van der Waals surface area contributed by atoms with Gasteiger partial charge in [-0.3, -0.25) is 14.9 Å². The van der Waals surface area contributed by atoms with Crippen LogP contribution in [0.15, 0.2) is 36.4 Å². The molecule has 2 aromatic rings. The third-order valence-electron chi connectivity index (χ3n) is 3.38. The second-order valence-corrected chi connectivity index (χ2v) is 5.10. The fraction of sp³-hybridized carbons (Fsp3) is 0.235. The number of benzene rings is 2. The standard InChI is InChI=1S/C17H17NO5/c1-11-4-6-17(15(8-11)18(20)21)23-10-14-9-13(12(2)19)5-7-16(14)22-3/h4-9H,10H2,1-3H3. The summed E-state index contributed by atoms with van der Waals surface area (Å²) in [4.78, 5) is 22.1. The molecule has 2 rings (SSSR count). The molecule has 2 aromatic carbocycles. The van der Waals surface area contributed by atoms with E-state index in [2.05, 4.69) is 0 Å². The molecule has 0 bridgehead atoms. The molecule has 6 nitrogen and oxygen atoms in total. The molecular formula is C17H17NO5. The van der Waals surface area contributed by atoms with E-state index in [0.29, 0.717) is 16.9 Å². The van der Waals surface area contributed by atoms with Crippen LogP contribution in [0.4, 0.5) is 5.69 Å². The number of methoxy groups -OCH3 is 1. The topological polar surface area (TPSA) is 78.7 Å². The summed E-state index contributed by atoms with van der Waals surface area (Å²) >= 11 is 0. The number of ketones is 1. The Labute approximate surface area is 133 Å². The third-order valence-corrected chi connectivity index (χ3v) is 3.38. The Hall–Kier alpha value is -2.89. The van der Waals surface area contributed by atoms with Crippen molar-refractivity contribution in [3.63, 3.8) is 0 Å². The van der Waals surface area contributed by atoms with Crippen molar-refractivity contribution in [2.75, 3.05) is 7.11 Å². The molecule has 0 aromatic heterocycles. The van der Waals surface area contributed by atoms with Crippen molar-refractivity contribution in [3.8, 4) is 11.5 Å². The first kappa shape index (κ1) is 16.5. The summed E-state index contributed by atoms with van der Waals surface area (Å²) in [7, 11) is 1.51. The van der Waals surface area contributed by atoms with E-state index >= 15 is 0 Å². The normalized spacial score (nSPS) is 10.2. The molecule has 0 aliphatic heterocycles. The van der Waals surface area contributed by atoms with Gasteiger partial charge in [-0.1, -0.05) is 6.07 Å². The number of Topliss-reactive ketones (excluding diaryl/α,β-unsaturated/α-hetero) is 1. The van der Waals surface area contributed by atoms with Crippen LogP contribution in [-0.2, 0) is 6.61 Å². The van der Waals surface area contributed by atoms with Crippen LogP contribution in [0.25, 0.3) is 0 Å². The van der Waals surface area contributed by atoms with Crippen molar-refractivity contribution in [2.45, 2.75) is 20.5 Å². The molecule has 0 unspecified atom stereocenters. The first-order valence-corrected chi connectivity index (χ1v) is 6.98. The summed E-state index contributed by atoms with van der Waals surface area (Å²) in [5.74, 6) is 0.663. The number of carbonyl (C=O) groups is 1. The van der Waals surface area contributed by atoms with Crippen molar-refractivity contribution < 1.29 is 19.2 Å². The minimum atomic E-state index is -0.481. The SMILES string of the molecule is COc1ccc(C(C)=O)cc1COc1ccc(C)cc1[N+](=O)[O-]. The van der Waals surface area contributed by atoms with E-state index in [1.54, 1.807) is 37.3 Å². The molecule has 0 atom stereocenters. The van der Waals surface area contributed by atoms with Crippen molar-refractivity contribution in [1.82, 2.24) is 0 Å². The van der Waals surface area contributed by atoms with E-state index < -0.39 is 4.92 Å². The first-order valence-electron chi connectivity index (χ1n) is 6.98. The summed E-state index contributed by atoms with van der Waals surface area (Å²) in [5.41, 5.74) is 1.87. The van der Waals surface area contributed by atoms with E-state index in [9.17, 15) is 14.9 Å². The molecule has 0 heterocycles. The highest BCUT2D eigenvalue weighted by Crippen LogP contribution is 2.30. The summed E-state index contributed by atoms with van der Waals surface area (Å²) in [6.45, 7) is 3.31. The molecule has 0 saturated carbocycles. The van der Waals surface area contributed by atoms with Gasteiger partial charge >= 0.3 is 5.69 Å². The molecule has 0 radical (unpaired) electrons. The van der Waals surface area contributed by atoms with Crippen molar-refractivity contribution in [1.29, 1.82) is 0 Å². The summed E-state index contributed by atoms with van der Waals surface area (Å²) in [6, 6.07) is 9.78. The molecule has 0 amide bonds. The van der Waals surface area contributed by atoms with Crippen LogP contribution in [0.1, 0.15) is 28.4 Å². The van der Waals surface area contributed by atoms with Crippen molar-refractivity contribution >= 4 is 11.5 Å². The molecule has 120 valence electrons. The van der Waals surface area contributed by atoms with Gasteiger partial charge in [-0.2, -0.15) is 0 Å². The van der Waals surface area contributed by atoms with Gasteiger partial charge in [-0.15, -0.1) is 0 Å². The Balaban J connectivity index is 2.29. The minimum absolute atomic E-state index is 0.0637. The Morgan fingerprint density at radius 1 is 1.17 bits per heavy atom. The third kappa shape index (κ3) is 3.85. The average Bonchev–Trinajstić information content (AvgIpc) is 2.53. The van der Waals surface area contributed by atoms with E-state index in [1.807, 2.05) is 0 Å². The highest BCUT2D eigenvalue weighted by atomic mass is 16.6. The van der Waals surface area contributed by atoms with Gasteiger partial charge in [-0.05, 0) is 43.7 Å². The second-order valence-electron chi connectivity index (χ2n) is 5.10. The molecule has 0 aliphatic carbocycles. The number of hydrogen-bond donors (Lipinski definition) is 0. The Morgan fingerprint density at radius 3 is 2.48 bits per heavy atom. The van der Waals surface area contributed by atoms with E-state index in [1.165, 1.54) is 20.1 Å². The molecule has 0 spiro atoms. The zero-order chi connectivity index (χ0) is 17.0. The number of aryl methyl sites for hydroxylation is 1. The molecular weight excluding hydrogens is 298 g/mol. The van der Waals surface area contributed by atoms with Crippen molar-refractivity contribution in [3.05, 3.63) is 63.2 Å². The average molecular weight is 315 g/mol. The van der Waals surface area contributed by atoms with Crippen LogP contribution >= 0.6 is 0 Å². The predicted molar refractivity (Wildman–Crippen MR) is 85.2 cm³/mol. The fourth-order valence-electron chi connectivity index (χ4n) is 2.16. The lowest BCUT2D eigenvalue weighted by Crippen LogP contribution is -2.03. The molecule has 0 N–H and O–H groups in total. The van der Waals surface area contributed by atoms with Gasteiger partial charge < -0.3 is 9.47 Å². The number of ether oxygens (including phenoxy) is 2. The Morgan fingerprint density at radius 2 is 1.87 bits per heavy atom. The van der Waals surface area contributed by atoms with Crippen LogP contribution in [0.3, 0.4) is 0 Å². The maximum Gasteiger partial charge on any atom is 0.311 e. The van der Waals surface area contributed by atoms with Crippen LogP contribution in [0.5, 0.6) is 11.5 Å². The van der Waals surface area contributed by atoms with E-state index in [0.717, 1.165) is 5.56 Å². The number of rotatable bonds is 6. The number of nitro benzene ring substituents is 1. The Kier molecular flexibility index (Phi) is 4.95. The van der Waals surface area contributed by atoms with Crippen LogP contribution < -0.4 is 9.47 Å². The summed E-state index contributed by atoms with van der Waals surface area (Å²) < 4.78 is 10.8. The summed E-state index contributed by atoms with van der Waals surface area (Å²) in [6.07, 6.45) is 0. The predicted octanol–water partition coefficient (Wildman–Crippen LogP) is 3.69. The largest absolute Gasteiger partial charge is 0.496 e. The van der Waals surface area contributed by atoms with Crippen LogP contribution in [-0.4, -0.2) is 17.8 Å². The molecule has 6 heteroatoms. The smallest absolute Gasteiger partial charge is 0.311 e. The number of carbonyl (C=O) groups excluding carboxylic acids is 1. The van der Waals surface area contributed by atoms with Crippen molar-refractivity contribution in [2.24, 2.45) is 0 Å². The molecule has 0 fully saturated rings. The number of nitro groups is 1. The first-order chi connectivity index (χ1) is 10.9. The fourth-order valence-corrected chi connectivity index (χ4v) is 2.16. The van der Waals surface area contributed by atoms with Gasteiger partial charge in [-0.25, -0.2) is 0 Å². The Bertz CT molecular complexity index is 755. The second kappa shape index (κ2) is 6.91. The van der Waals surface area contributed by atoms with Crippen LogP contribution in [0, 0.1) is 17.0 Å². The highest BCUT2D eigenvalue weighted by Gasteiger charge is 2.16. The zero-order valence-electron chi connectivity index (χ0n) is 13.2. The van der Waals surface area contributed by atoms with Gasteiger partial charge in [0.25, 0.3) is 0 Å². The lowest BCUT2D eigenvalue weighted by atomic mass is 10.1. The minimum Gasteiger partial charge on any atom is -0.496 e. The van der Waals surface area contributed by atoms with E-state index in [4.69, 9.17) is 9.47 Å². The maximum atomic E-state index is 11.5. The lowest BCUT2D eigenvalue weighted by molar-refractivity contribution is -0.386. The summed E-state index contributed by atoms with van der Waals surface area (Å²) in [5, 5.41) is 11.1. The monoisotopic (exact) mass is 315 g/mol. The van der Waals surface area contributed by atoms with Gasteiger partial charge in [0.2, 0.25) is 0 Å². The van der Waals surface area contributed by atoms with Gasteiger partial charge in [0.1, 0.15) is 12.4 Å². The highest BCUT2D eigenvalue weighted by molar-refractivity contribution is 5.94. The molecule has 0 saturated heterocycles. The number of hydrogen-bond acceptors (Lipinski definition) is 5. The lowest BCUT2D eigenvalue weighted by Gasteiger charge is -2.12. The quantitative estimate of drug-likeness (QED) is 0.461. The zero-order valence-corrected chi connectivity index (χ0v) is 13.2. The van der Waals surface area contributed by atoms with Gasteiger partial charge in [0.05, 0.1) is 12.0 Å². The number of nitrogens with zero attached hydrogens (tertiary/aromatic N) is 1. The van der Waals surface area contributed by atoms with Gasteiger partial charge in [0, 0.05) is 17.2 Å². The van der Waals surface area contributed by atoms with Crippen LogP contribution in [0.2, 0.25) is 0 Å². The van der Waals surface area contributed by atoms with Gasteiger partial charge in [0.15, 0.2) is 11.5 Å². The van der Waals surface area contributed by atoms with E-state index in [-0.39, 0.29) is 23.8 Å². The molecule has 0 aliphatic rings. The molecule has 23 heavy (non-hydrogen) atoms. The maximum absolute atomic E-state index is 11.5.